The fraction of sp³-hybridized carbons (Fsp3) is 0.357. The Hall–Kier alpha value is -2.19. The molecule has 1 fully saturated rings. The zero-order chi connectivity index (χ0) is 14.9. The summed E-state index contributed by atoms with van der Waals surface area (Å²) >= 11 is 1.81. The van der Waals surface area contributed by atoms with Crippen LogP contribution in [-0.4, -0.2) is 51.2 Å². The van der Waals surface area contributed by atoms with Crippen molar-refractivity contribution in [3.63, 3.8) is 0 Å². The van der Waals surface area contributed by atoms with Gasteiger partial charge >= 0.3 is 0 Å². The van der Waals surface area contributed by atoms with Crippen molar-refractivity contribution in [2.75, 3.05) is 36.8 Å². The number of thiophene rings is 1. The fourth-order valence-corrected chi connectivity index (χ4v) is 3.56. The number of nitrogen functional groups attached to an aromatic ring is 1. The summed E-state index contributed by atoms with van der Waals surface area (Å²) in [6.07, 6.45) is 1.77. The van der Waals surface area contributed by atoms with E-state index in [1.807, 2.05) is 11.3 Å². The summed E-state index contributed by atoms with van der Waals surface area (Å²) in [6, 6.07) is 4.30. The van der Waals surface area contributed by atoms with E-state index in [1.165, 1.54) is 4.88 Å². The first-order chi connectivity index (χ1) is 10.8. The number of aromatic nitrogens is 4. The van der Waals surface area contributed by atoms with Crippen molar-refractivity contribution >= 4 is 34.1 Å². The molecular formula is C14H17N7S. The molecule has 0 radical (unpaired) electrons. The molecule has 0 aromatic carbocycles. The van der Waals surface area contributed by atoms with Crippen molar-refractivity contribution in [1.29, 1.82) is 0 Å². The molecule has 7 nitrogen and oxygen atoms in total. The summed E-state index contributed by atoms with van der Waals surface area (Å²) in [5.74, 6) is 1.17. The number of piperazine rings is 1. The van der Waals surface area contributed by atoms with Gasteiger partial charge in [-0.05, 0) is 11.4 Å². The highest BCUT2D eigenvalue weighted by Gasteiger charge is 2.21. The molecule has 0 atom stereocenters. The molecule has 0 saturated carbocycles. The lowest BCUT2D eigenvalue weighted by Gasteiger charge is -2.35. The molecule has 8 heteroatoms. The van der Waals surface area contributed by atoms with Gasteiger partial charge in [0.05, 0.1) is 11.6 Å². The standard InChI is InChI=1S/C14H17N7S/c15-14-17-12-11(8-16-19-12)13(18-14)21-5-3-20(4-6-21)9-10-2-1-7-22-10/h1-2,7-8H,3-6,9H2,(H3,15,16,17,18,19). The number of H-pyrrole nitrogens is 1. The minimum atomic E-state index is 0.285. The van der Waals surface area contributed by atoms with Gasteiger partial charge in [-0.3, -0.25) is 10.00 Å². The second kappa shape index (κ2) is 5.54. The maximum Gasteiger partial charge on any atom is 0.224 e. The zero-order valence-electron chi connectivity index (χ0n) is 12.1. The van der Waals surface area contributed by atoms with Crippen LogP contribution in [0.1, 0.15) is 4.88 Å². The first kappa shape index (κ1) is 13.5. The molecule has 4 rings (SSSR count). The van der Waals surface area contributed by atoms with Crippen molar-refractivity contribution < 1.29 is 0 Å². The van der Waals surface area contributed by atoms with E-state index in [0.717, 1.165) is 43.9 Å². The summed E-state index contributed by atoms with van der Waals surface area (Å²) in [7, 11) is 0. The van der Waals surface area contributed by atoms with Crippen LogP contribution in [0.4, 0.5) is 11.8 Å². The molecule has 114 valence electrons. The molecule has 0 bridgehead atoms. The highest BCUT2D eigenvalue weighted by molar-refractivity contribution is 7.09. The van der Waals surface area contributed by atoms with Crippen LogP contribution in [0.15, 0.2) is 23.7 Å². The van der Waals surface area contributed by atoms with Crippen LogP contribution in [0.25, 0.3) is 11.0 Å². The average Bonchev–Trinajstić information content (AvgIpc) is 3.18. The van der Waals surface area contributed by atoms with Gasteiger partial charge in [-0.2, -0.15) is 15.1 Å². The van der Waals surface area contributed by atoms with Crippen molar-refractivity contribution in [1.82, 2.24) is 25.1 Å². The molecule has 0 aliphatic carbocycles. The number of rotatable bonds is 3. The van der Waals surface area contributed by atoms with Crippen molar-refractivity contribution in [2.24, 2.45) is 0 Å². The Morgan fingerprint density at radius 2 is 2.09 bits per heavy atom. The van der Waals surface area contributed by atoms with Gasteiger partial charge in [0.15, 0.2) is 5.65 Å². The van der Waals surface area contributed by atoms with E-state index >= 15 is 0 Å². The van der Waals surface area contributed by atoms with E-state index in [1.54, 1.807) is 6.20 Å². The lowest BCUT2D eigenvalue weighted by Crippen LogP contribution is -2.46. The van der Waals surface area contributed by atoms with Gasteiger partial charge in [0.25, 0.3) is 0 Å². The molecule has 0 amide bonds. The maximum atomic E-state index is 5.80. The predicted molar refractivity (Wildman–Crippen MR) is 87.9 cm³/mol. The Labute approximate surface area is 131 Å². The summed E-state index contributed by atoms with van der Waals surface area (Å²) in [5, 5.41) is 9.97. The van der Waals surface area contributed by atoms with Gasteiger partial charge in [-0.15, -0.1) is 11.3 Å². The monoisotopic (exact) mass is 315 g/mol. The van der Waals surface area contributed by atoms with E-state index in [0.29, 0.717) is 5.65 Å². The van der Waals surface area contributed by atoms with Gasteiger partial charge in [-0.1, -0.05) is 6.07 Å². The average molecular weight is 315 g/mol. The molecule has 0 unspecified atom stereocenters. The van der Waals surface area contributed by atoms with E-state index < -0.39 is 0 Å². The smallest absolute Gasteiger partial charge is 0.224 e. The van der Waals surface area contributed by atoms with Gasteiger partial charge in [0, 0.05) is 37.6 Å². The third-order valence-corrected chi connectivity index (χ3v) is 4.80. The number of hydrogen-bond acceptors (Lipinski definition) is 7. The quantitative estimate of drug-likeness (QED) is 0.758. The lowest BCUT2D eigenvalue weighted by molar-refractivity contribution is 0.251. The Bertz CT molecular complexity index is 759. The van der Waals surface area contributed by atoms with Crippen LogP contribution in [0.5, 0.6) is 0 Å². The minimum Gasteiger partial charge on any atom is -0.368 e. The SMILES string of the molecule is Nc1nc(N2CCN(Cc3cccs3)CC2)c2cn[nH]c2n1. The number of hydrogen-bond donors (Lipinski definition) is 2. The molecule has 3 N–H and O–H groups in total. The summed E-state index contributed by atoms with van der Waals surface area (Å²) in [5.41, 5.74) is 6.50. The lowest BCUT2D eigenvalue weighted by atomic mass is 10.2. The topological polar surface area (TPSA) is 87.0 Å². The number of nitrogens with zero attached hydrogens (tertiary/aromatic N) is 5. The summed E-state index contributed by atoms with van der Waals surface area (Å²) in [6.45, 7) is 4.92. The fourth-order valence-electron chi connectivity index (χ4n) is 2.82. The molecular weight excluding hydrogens is 298 g/mol. The molecule has 4 heterocycles. The van der Waals surface area contributed by atoms with Crippen LogP contribution < -0.4 is 10.6 Å². The number of nitrogens with two attached hydrogens (primary N) is 1. The van der Waals surface area contributed by atoms with E-state index in [9.17, 15) is 0 Å². The van der Waals surface area contributed by atoms with E-state index in [2.05, 4.69) is 47.5 Å². The zero-order valence-corrected chi connectivity index (χ0v) is 12.9. The first-order valence-corrected chi connectivity index (χ1v) is 8.14. The third-order valence-electron chi connectivity index (χ3n) is 3.94. The molecule has 1 aliphatic rings. The molecule has 3 aromatic heterocycles. The van der Waals surface area contributed by atoms with Crippen LogP contribution >= 0.6 is 11.3 Å². The summed E-state index contributed by atoms with van der Waals surface area (Å²) < 4.78 is 0. The predicted octanol–water partition coefficient (Wildman–Crippen LogP) is 1.32. The Morgan fingerprint density at radius 3 is 2.86 bits per heavy atom. The second-order valence-corrected chi connectivity index (χ2v) is 6.41. The Balaban J connectivity index is 1.49. The van der Waals surface area contributed by atoms with E-state index in [-0.39, 0.29) is 5.95 Å². The molecule has 22 heavy (non-hydrogen) atoms. The summed E-state index contributed by atoms with van der Waals surface area (Å²) in [4.78, 5) is 14.7. The minimum absolute atomic E-state index is 0.285. The van der Waals surface area contributed by atoms with Crippen LogP contribution in [0.2, 0.25) is 0 Å². The maximum absolute atomic E-state index is 5.80. The molecule has 3 aromatic rings. The molecule has 1 saturated heterocycles. The number of nitrogens with one attached hydrogen (secondary N) is 1. The molecule has 0 spiro atoms. The second-order valence-electron chi connectivity index (χ2n) is 5.38. The van der Waals surface area contributed by atoms with E-state index in [4.69, 9.17) is 5.73 Å². The van der Waals surface area contributed by atoms with Crippen molar-refractivity contribution in [2.45, 2.75) is 6.54 Å². The van der Waals surface area contributed by atoms with Crippen molar-refractivity contribution in [3.05, 3.63) is 28.6 Å². The normalized spacial score (nSPS) is 16.5. The third kappa shape index (κ3) is 2.51. The van der Waals surface area contributed by atoms with Gasteiger partial charge < -0.3 is 10.6 Å². The van der Waals surface area contributed by atoms with Gasteiger partial charge in [-0.25, -0.2) is 0 Å². The largest absolute Gasteiger partial charge is 0.368 e. The molecule has 1 aliphatic heterocycles. The van der Waals surface area contributed by atoms with Crippen molar-refractivity contribution in [3.8, 4) is 0 Å². The first-order valence-electron chi connectivity index (χ1n) is 7.26. The van der Waals surface area contributed by atoms with Crippen LogP contribution in [0.3, 0.4) is 0 Å². The van der Waals surface area contributed by atoms with Crippen LogP contribution in [0, 0.1) is 0 Å². The van der Waals surface area contributed by atoms with Gasteiger partial charge in [0.1, 0.15) is 5.82 Å². The number of anilines is 2. The van der Waals surface area contributed by atoms with Crippen LogP contribution in [-0.2, 0) is 6.54 Å². The Kier molecular flexibility index (Phi) is 3.39. The highest BCUT2D eigenvalue weighted by Crippen LogP contribution is 2.24. The highest BCUT2D eigenvalue weighted by atomic mass is 32.1. The number of fused-ring (bicyclic) bond motifs is 1. The number of aromatic amines is 1. The van der Waals surface area contributed by atoms with Gasteiger partial charge in [0.2, 0.25) is 5.95 Å². The Morgan fingerprint density at radius 1 is 1.23 bits per heavy atom.